The number of anilines is 1. The molecule has 0 radical (unpaired) electrons. The number of carbonyl (C=O) groups excluding carboxylic acids is 1. The molecule has 148 valence electrons. The highest BCUT2D eigenvalue weighted by molar-refractivity contribution is 6.12. The second-order valence-electron chi connectivity index (χ2n) is 7.63. The Labute approximate surface area is 178 Å². The van der Waals surface area contributed by atoms with Crippen LogP contribution in [0, 0.1) is 0 Å². The van der Waals surface area contributed by atoms with Crippen molar-refractivity contribution >= 4 is 22.7 Å². The summed E-state index contributed by atoms with van der Waals surface area (Å²) in [5, 5.41) is 7.16. The number of aromatic nitrogens is 2. The number of benzene rings is 3. The first kappa shape index (κ1) is 17.6. The molecule has 0 saturated carbocycles. The molecule has 0 unspecified atom stereocenters. The van der Waals surface area contributed by atoms with Gasteiger partial charge in [0.2, 0.25) is 5.88 Å². The van der Waals surface area contributed by atoms with E-state index in [-0.39, 0.29) is 5.91 Å². The summed E-state index contributed by atoms with van der Waals surface area (Å²) in [4.78, 5) is 17.3. The van der Waals surface area contributed by atoms with Crippen molar-refractivity contribution in [3.63, 3.8) is 0 Å². The van der Waals surface area contributed by atoms with Crippen molar-refractivity contribution in [2.45, 2.75) is 6.42 Å². The molecule has 5 aromatic rings. The van der Waals surface area contributed by atoms with Gasteiger partial charge in [-0.25, -0.2) is 0 Å². The summed E-state index contributed by atoms with van der Waals surface area (Å²) in [6.07, 6.45) is 4.08. The number of nitrogens with zero attached hydrogens (tertiary/aromatic N) is 2. The van der Waals surface area contributed by atoms with Crippen LogP contribution in [0.4, 0.5) is 5.88 Å². The Balaban J connectivity index is 1.40. The SMILES string of the molecule is O=C(Nc1ccno1)c1ccnc2ccc(-c3ccc4c(c3)Cc3ccccc3-4)cc12. The van der Waals surface area contributed by atoms with Gasteiger partial charge in [-0.1, -0.05) is 53.7 Å². The summed E-state index contributed by atoms with van der Waals surface area (Å²) >= 11 is 0. The van der Waals surface area contributed by atoms with Crippen LogP contribution in [0.1, 0.15) is 21.5 Å². The molecule has 0 aliphatic heterocycles. The summed E-state index contributed by atoms with van der Waals surface area (Å²) in [6, 6.07) is 24.5. The van der Waals surface area contributed by atoms with E-state index in [9.17, 15) is 4.79 Å². The first-order valence-corrected chi connectivity index (χ1v) is 10.1. The standard InChI is InChI=1S/C26H17N3O2/c30-26(29-25-10-12-28-31-25)22-9-11-27-24-8-6-17(15-23(22)24)16-5-7-21-19(13-16)14-18-3-1-2-4-20(18)21/h1-13,15H,14H2,(H,29,30). The van der Waals surface area contributed by atoms with E-state index in [4.69, 9.17) is 4.52 Å². The number of pyridine rings is 1. The van der Waals surface area contributed by atoms with Crippen LogP contribution >= 0.6 is 0 Å². The highest BCUT2D eigenvalue weighted by Gasteiger charge is 2.19. The van der Waals surface area contributed by atoms with Crippen LogP contribution in [0.25, 0.3) is 33.2 Å². The minimum Gasteiger partial charge on any atom is -0.338 e. The van der Waals surface area contributed by atoms with Crippen LogP contribution in [-0.4, -0.2) is 16.0 Å². The molecule has 2 heterocycles. The fourth-order valence-corrected chi connectivity index (χ4v) is 4.31. The quantitative estimate of drug-likeness (QED) is 0.411. The van der Waals surface area contributed by atoms with Crippen molar-refractivity contribution in [1.29, 1.82) is 0 Å². The van der Waals surface area contributed by atoms with Crippen LogP contribution in [-0.2, 0) is 6.42 Å². The molecule has 5 heteroatoms. The van der Waals surface area contributed by atoms with E-state index in [1.54, 1.807) is 18.3 Å². The van der Waals surface area contributed by atoms with Crippen LogP contribution in [0.5, 0.6) is 0 Å². The fraction of sp³-hybridized carbons (Fsp3) is 0.0385. The lowest BCUT2D eigenvalue weighted by Crippen LogP contribution is -2.12. The summed E-state index contributed by atoms with van der Waals surface area (Å²) in [5.41, 5.74) is 8.79. The molecule has 5 nitrogen and oxygen atoms in total. The number of hydrogen-bond acceptors (Lipinski definition) is 4. The van der Waals surface area contributed by atoms with E-state index in [0.29, 0.717) is 11.4 Å². The number of hydrogen-bond donors (Lipinski definition) is 1. The summed E-state index contributed by atoms with van der Waals surface area (Å²) < 4.78 is 5.00. The van der Waals surface area contributed by atoms with E-state index in [2.05, 4.69) is 64.0 Å². The highest BCUT2D eigenvalue weighted by atomic mass is 16.5. The van der Waals surface area contributed by atoms with Gasteiger partial charge in [-0.3, -0.25) is 15.1 Å². The van der Waals surface area contributed by atoms with Gasteiger partial charge in [0.25, 0.3) is 5.91 Å². The Morgan fingerprint density at radius 3 is 2.58 bits per heavy atom. The Bertz CT molecular complexity index is 1460. The van der Waals surface area contributed by atoms with Crippen molar-refractivity contribution in [3.8, 4) is 22.3 Å². The minimum absolute atomic E-state index is 0.259. The highest BCUT2D eigenvalue weighted by Crippen LogP contribution is 2.38. The van der Waals surface area contributed by atoms with E-state index in [0.717, 1.165) is 28.5 Å². The van der Waals surface area contributed by atoms with Crippen LogP contribution in [0.15, 0.2) is 89.7 Å². The molecule has 1 aliphatic carbocycles. The molecule has 0 spiro atoms. The zero-order valence-electron chi connectivity index (χ0n) is 16.5. The molecular weight excluding hydrogens is 386 g/mol. The number of rotatable bonds is 3. The fourth-order valence-electron chi connectivity index (χ4n) is 4.31. The maximum atomic E-state index is 12.8. The van der Waals surface area contributed by atoms with Gasteiger partial charge in [0, 0.05) is 17.6 Å². The molecule has 0 fully saturated rings. The van der Waals surface area contributed by atoms with Gasteiger partial charge in [-0.15, -0.1) is 0 Å². The van der Waals surface area contributed by atoms with Crippen LogP contribution in [0.2, 0.25) is 0 Å². The molecule has 6 rings (SSSR count). The largest absolute Gasteiger partial charge is 0.338 e. The Kier molecular flexibility index (Phi) is 3.93. The van der Waals surface area contributed by atoms with Crippen molar-refractivity contribution in [1.82, 2.24) is 10.1 Å². The van der Waals surface area contributed by atoms with Crippen LogP contribution in [0.3, 0.4) is 0 Å². The Morgan fingerprint density at radius 1 is 0.839 bits per heavy atom. The molecule has 0 atom stereocenters. The average Bonchev–Trinajstić information content (AvgIpc) is 3.45. The third-order valence-corrected chi connectivity index (χ3v) is 5.79. The zero-order chi connectivity index (χ0) is 20.8. The lowest BCUT2D eigenvalue weighted by molar-refractivity contribution is 0.102. The normalized spacial score (nSPS) is 11.9. The van der Waals surface area contributed by atoms with Gasteiger partial charge in [-0.05, 0) is 58.0 Å². The monoisotopic (exact) mass is 403 g/mol. The molecule has 2 aromatic heterocycles. The first-order chi connectivity index (χ1) is 15.3. The molecule has 0 saturated heterocycles. The summed E-state index contributed by atoms with van der Waals surface area (Å²) in [5.74, 6) is 0.0509. The van der Waals surface area contributed by atoms with Gasteiger partial charge >= 0.3 is 0 Å². The first-order valence-electron chi connectivity index (χ1n) is 10.1. The Hall–Kier alpha value is -4.25. The topological polar surface area (TPSA) is 68.0 Å². The van der Waals surface area contributed by atoms with Crippen LogP contribution < -0.4 is 5.32 Å². The van der Waals surface area contributed by atoms with E-state index >= 15 is 0 Å². The van der Waals surface area contributed by atoms with E-state index in [1.807, 2.05) is 12.1 Å². The number of nitrogens with one attached hydrogen (secondary N) is 1. The van der Waals surface area contributed by atoms with Crippen molar-refractivity contribution < 1.29 is 9.32 Å². The molecule has 1 amide bonds. The maximum Gasteiger partial charge on any atom is 0.258 e. The second-order valence-corrected chi connectivity index (χ2v) is 7.63. The van der Waals surface area contributed by atoms with E-state index in [1.165, 1.54) is 28.5 Å². The molecule has 1 N–H and O–H groups in total. The van der Waals surface area contributed by atoms with E-state index < -0.39 is 0 Å². The third-order valence-electron chi connectivity index (χ3n) is 5.79. The van der Waals surface area contributed by atoms with Gasteiger partial charge < -0.3 is 4.52 Å². The molecule has 31 heavy (non-hydrogen) atoms. The number of fused-ring (bicyclic) bond motifs is 4. The maximum absolute atomic E-state index is 12.8. The van der Waals surface area contributed by atoms with Gasteiger partial charge in [0.05, 0.1) is 17.3 Å². The average molecular weight is 403 g/mol. The third kappa shape index (κ3) is 2.99. The van der Waals surface area contributed by atoms with Gasteiger partial charge in [0.15, 0.2) is 0 Å². The number of carbonyl (C=O) groups is 1. The summed E-state index contributed by atoms with van der Waals surface area (Å²) in [7, 11) is 0. The minimum atomic E-state index is -0.259. The van der Waals surface area contributed by atoms with Crippen molar-refractivity contribution in [3.05, 3.63) is 102 Å². The van der Waals surface area contributed by atoms with Gasteiger partial charge in [0.1, 0.15) is 0 Å². The zero-order valence-corrected chi connectivity index (χ0v) is 16.5. The molecule has 0 bridgehead atoms. The predicted molar refractivity (Wildman–Crippen MR) is 120 cm³/mol. The van der Waals surface area contributed by atoms with Crippen molar-refractivity contribution in [2.24, 2.45) is 0 Å². The van der Waals surface area contributed by atoms with Crippen molar-refractivity contribution in [2.75, 3.05) is 5.32 Å². The summed E-state index contributed by atoms with van der Waals surface area (Å²) in [6.45, 7) is 0. The molecule has 1 aliphatic rings. The Morgan fingerprint density at radius 2 is 1.68 bits per heavy atom. The van der Waals surface area contributed by atoms with Gasteiger partial charge in [-0.2, -0.15) is 0 Å². The second kappa shape index (κ2) is 6.92. The predicted octanol–water partition coefficient (Wildman–Crippen LogP) is 5.71. The lowest BCUT2D eigenvalue weighted by Gasteiger charge is -2.09. The molecular formula is C26H17N3O2. The molecule has 3 aromatic carbocycles. The number of amides is 1. The smallest absolute Gasteiger partial charge is 0.258 e. The lowest BCUT2D eigenvalue weighted by atomic mass is 9.97.